The maximum atomic E-state index is 12.5. The van der Waals surface area contributed by atoms with E-state index in [0.29, 0.717) is 53.5 Å². The van der Waals surface area contributed by atoms with Crippen LogP contribution in [-0.2, 0) is 13.1 Å². The largest absolute Gasteiger partial charge is 0.481 e. The second-order valence-electron chi connectivity index (χ2n) is 9.72. The van der Waals surface area contributed by atoms with E-state index >= 15 is 0 Å². The number of carbonyl (C=O) groups is 1. The molecular formula is C31H30Cl2N4O3. The summed E-state index contributed by atoms with van der Waals surface area (Å²) < 4.78 is 5.55. The molecule has 1 atom stereocenters. The van der Waals surface area contributed by atoms with E-state index in [1.807, 2.05) is 66.4 Å². The SMILES string of the molecule is CCN1Cc2cc(-c3nccc(-c4cccc(-c5ccc(CNC[C@H](C)O)c(OC)n5)c4Cl)c3Cl)ccc2C1=O. The molecule has 1 amide bonds. The zero-order valence-corrected chi connectivity index (χ0v) is 24.1. The van der Waals surface area contributed by atoms with Crippen LogP contribution in [0.3, 0.4) is 0 Å². The van der Waals surface area contributed by atoms with Crippen molar-refractivity contribution in [3.05, 3.63) is 87.5 Å². The molecule has 0 saturated carbocycles. The number of aliphatic hydroxyl groups is 1. The van der Waals surface area contributed by atoms with Crippen LogP contribution in [0, 0.1) is 0 Å². The fourth-order valence-corrected chi connectivity index (χ4v) is 5.57. The van der Waals surface area contributed by atoms with Gasteiger partial charge in [-0.25, -0.2) is 4.98 Å². The van der Waals surface area contributed by atoms with Gasteiger partial charge in [-0.1, -0.05) is 53.5 Å². The van der Waals surface area contributed by atoms with Gasteiger partial charge in [-0.05, 0) is 43.7 Å². The maximum Gasteiger partial charge on any atom is 0.254 e. The molecular weight excluding hydrogens is 547 g/mol. The predicted octanol–water partition coefficient (Wildman–Crippen LogP) is 6.24. The minimum Gasteiger partial charge on any atom is -0.481 e. The Bertz CT molecular complexity index is 1570. The number of benzene rings is 2. The monoisotopic (exact) mass is 576 g/mol. The molecule has 7 nitrogen and oxygen atoms in total. The number of carbonyl (C=O) groups excluding carboxylic acids is 1. The van der Waals surface area contributed by atoms with Crippen molar-refractivity contribution in [1.29, 1.82) is 0 Å². The van der Waals surface area contributed by atoms with E-state index in [1.165, 1.54) is 0 Å². The molecule has 206 valence electrons. The van der Waals surface area contributed by atoms with Gasteiger partial charge in [0.25, 0.3) is 5.91 Å². The number of nitrogens with one attached hydrogen (secondary N) is 1. The molecule has 5 rings (SSSR count). The van der Waals surface area contributed by atoms with E-state index in [9.17, 15) is 9.90 Å². The average molecular weight is 578 g/mol. The number of hydrogen-bond donors (Lipinski definition) is 2. The Morgan fingerprint density at radius 1 is 1.05 bits per heavy atom. The second-order valence-corrected chi connectivity index (χ2v) is 10.5. The first kappa shape index (κ1) is 28.1. The minimum atomic E-state index is -0.446. The van der Waals surface area contributed by atoms with Crippen LogP contribution in [-0.4, -0.2) is 52.2 Å². The van der Waals surface area contributed by atoms with Gasteiger partial charge in [-0.15, -0.1) is 0 Å². The van der Waals surface area contributed by atoms with E-state index in [-0.39, 0.29) is 5.91 Å². The summed E-state index contributed by atoms with van der Waals surface area (Å²) in [6, 6.07) is 17.2. The average Bonchev–Trinajstić information content (AvgIpc) is 3.28. The van der Waals surface area contributed by atoms with E-state index in [4.69, 9.17) is 32.9 Å². The van der Waals surface area contributed by atoms with Gasteiger partial charge in [-0.2, -0.15) is 0 Å². The zero-order chi connectivity index (χ0) is 28.4. The predicted molar refractivity (Wildman–Crippen MR) is 159 cm³/mol. The fraction of sp³-hybridized carbons (Fsp3) is 0.258. The molecule has 0 spiro atoms. The molecule has 40 heavy (non-hydrogen) atoms. The lowest BCUT2D eigenvalue weighted by Crippen LogP contribution is -2.24. The van der Waals surface area contributed by atoms with Gasteiger partial charge < -0.3 is 20.1 Å². The van der Waals surface area contributed by atoms with Crippen molar-refractivity contribution in [2.24, 2.45) is 0 Å². The number of aromatic nitrogens is 2. The van der Waals surface area contributed by atoms with Crippen LogP contribution in [0.15, 0.2) is 60.8 Å². The Labute approximate surface area is 243 Å². The van der Waals surface area contributed by atoms with Gasteiger partial charge in [-0.3, -0.25) is 9.78 Å². The molecule has 4 aromatic rings. The highest BCUT2D eigenvalue weighted by atomic mass is 35.5. The number of methoxy groups -OCH3 is 1. The summed E-state index contributed by atoms with van der Waals surface area (Å²) in [6.07, 6.45) is 1.27. The number of nitrogens with zero attached hydrogens (tertiary/aromatic N) is 3. The number of pyridine rings is 2. The molecule has 1 aliphatic heterocycles. The molecule has 9 heteroatoms. The van der Waals surface area contributed by atoms with Gasteiger partial charge in [0, 0.05) is 65.8 Å². The maximum absolute atomic E-state index is 12.5. The third kappa shape index (κ3) is 5.43. The standard InChI is InChI=1S/C31H30Cl2N4O3/c1-4-37-17-21-14-19(8-10-22(21)31(37)39)29-28(33)24(12-13-35-29)23-6-5-7-25(27(23)32)26-11-9-20(30(36-26)40-3)16-34-15-18(2)38/h5-14,18,34,38H,4,15-17H2,1-3H3/t18-/m0/s1. The Morgan fingerprint density at radius 3 is 2.58 bits per heavy atom. The normalized spacial score (nSPS) is 13.4. The molecule has 2 aromatic heterocycles. The first-order valence-corrected chi connectivity index (χ1v) is 13.9. The molecule has 0 bridgehead atoms. The summed E-state index contributed by atoms with van der Waals surface area (Å²) in [5.41, 5.74) is 6.94. The summed E-state index contributed by atoms with van der Waals surface area (Å²) in [5.74, 6) is 0.535. The molecule has 0 unspecified atom stereocenters. The lowest BCUT2D eigenvalue weighted by molar-refractivity contribution is 0.0787. The van der Waals surface area contributed by atoms with E-state index in [0.717, 1.165) is 38.9 Å². The first-order chi connectivity index (χ1) is 19.3. The summed E-state index contributed by atoms with van der Waals surface area (Å²) in [6.45, 7) is 5.92. The Morgan fingerprint density at radius 2 is 1.82 bits per heavy atom. The zero-order valence-electron chi connectivity index (χ0n) is 22.5. The second kappa shape index (κ2) is 11.9. The van der Waals surface area contributed by atoms with Crippen molar-refractivity contribution >= 4 is 29.1 Å². The highest BCUT2D eigenvalue weighted by Gasteiger charge is 2.27. The molecule has 0 fully saturated rings. The van der Waals surface area contributed by atoms with Gasteiger partial charge in [0.2, 0.25) is 5.88 Å². The van der Waals surface area contributed by atoms with Gasteiger partial charge in [0.05, 0.1) is 34.6 Å². The molecule has 0 aliphatic carbocycles. The van der Waals surface area contributed by atoms with Crippen molar-refractivity contribution in [3.8, 4) is 39.5 Å². The third-order valence-corrected chi connectivity index (χ3v) is 7.77. The number of hydrogen-bond acceptors (Lipinski definition) is 6. The van der Waals surface area contributed by atoms with Crippen LogP contribution < -0.4 is 10.1 Å². The van der Waals surface area contributed by atoms with Crippen molar-refractivity contribution in [1.82, 2.24) is 20.2 Å². The van der Waals surface area contributed by atoms with E-state index < -0.39 is 6.10 Å². The molecule has 0 saturated heterocycles. The van der Waals surface area contributed by atoms with Gasteiger partial charge in [0.1, 0.15) is 0 Å². The summed E-state index contributed by atoms with van der Waals surface area (Å²) in [4.78, 5) is 23.6. The van der Waals surface area contributed by atoms with Gasteiger partial charge >= 0.3 is 0 Å². The van der Waals surface area contributed by atoms with Crippen molar-refractivity contribution < 1.29 is 14.6 Å². The van der Waals surface area contributed by atoms with E-state index in [2.05, 4.69) is 10.3 Å². The third-order valence-electron chi connectivity index (χ3n) is 6.98. The number of ether oxygens (including phenoxy) is 1. The van der Waals surface area contributed by atoms with Crippen LogP contribution in [0.25, 0.3) is 33.6 Å². The topological polar surface area (TPSA) is 87.6 Å². The number of halogens is 2. The lowest BCUT2D eigenvalue weighted by atomic mass is 9.98. The molecule has 3 heterocycles. The fourth-order valence-electron chi connectivity index (χ4n) is 4.92. The Hall–Kier alpha value is -3.49. The molecule has 2 aromatic carbocycles. The van der Waals surface area contributed by atoms with Gasteiger partial charge in [0.15, 0.2) is 0 Å². The molecule has 1 aliphatic rings. The van der Waals surface area contributed by atoms with Crippen LogP contribution in [0.4, 0.5) is 0 Å². The van der Waals surface area contributed by atoms with E-state index in [1.54, 1.807) is 20.2 Å². The van der Waals surface area contributed by atoms with Crippen molar-refractivity contribution in [3.63, 3.8) is 0 Å². The lowest BCUT2D eigenvalue weighted by Gasteiger charge is -2.15. The molecule has 0 radical (unpaired) electrons. The number of fused-ring (bicyclic) bond motifs is 1. The van der Waals surface area contributed by atoms with Crippen LogP contribution in [0.2, 0.25) is 10.0 Å². The van der Waals surface area contributed by atoms with Crippen LogP contribution >= 0.6 is 23.2 Å². The minimum absolute atomic E-state index is 0.0507. The summed E-state index contributed by atoms with van der Waals surface area (Å²) >= 11 is 13.9. The van der Waals surface area contributed by atoms with Crippen molar-refractivity contribution in [2.75, 3.05) is 20.2 Å². The number of amides is 1. The smallest absolute Gasteiger partial charge is 0.254 e. The Kier molecular flexibility index (Phi) is 8.38. The summed E-state index contributed by atoms with van der Waals surface area (Å²) in [7, 11) is 1.58. The quantitative estimate of drug-likeness (QED) is 0.245. The summed E-state index contributed by atoms with van der Waals surface area (Å²) in [5, 5.41) is 13.7. The van der Waals surface area contributed by atoms with Crippen LogP contribution in [0.5, 0.6) is 5.88 Å². The Balaban J connectivity index is 1.49. The first-order valence-electron chi connectivity index (χ1n) is 13.1. The van der Waals surface area contributed by atoms with Crippen LogP contribution in [0.1, 0.15) is 35.3 Å². The van der Waals surface area contributed by atoms with Crippen molar-refractivity contribution in [2.45, 2.75) is 33.0 Å². The highest BCUT2D eigenvalue weighted by molar-refractivity contribution is 6.39. The highest BCUT2D eigenvalue weighted by Crippen LogP contribution is 2.42. The molecule has 2 N–H and O–H groups in total. The number of aliphatic hydroxyl groups excluding tert-OH is 1. The number of rotatable bonds is 9.